The number of benzene rings is 1. The van der Waals surface area contributed by atoms with E-state index in [1.165, 1.54) is 6.42 Å². The van der Waals surface area contributed by atoms with Crippen molar-refractivity contribution in [2.24, 2.45) is 5.84 Å². The van der Waals surface area contributed by atoms with Gasteiger partial charge in [0.15, 0.2) is 0 Å². The van der Waals surface area contributed by atoms with E-state index in [9.17, 15) is 4.79 Å². The maximum Gasteiger partial charge on any atom is 0.290 e. The van der Waals surface area contributed by atoms with Crippen LogP contribution in [0.25, 0.3) is 11.3 Å². The van der Waals surface area contributed by atoms with Crippen molar-refractivity contribution < 1.29 is 14.1 Å². The standard InChI is InChI=1S/C14H14N2O2.C2H6.CH6N2.CH2O/c17-14(15-11-7-4-8-11)13-9-12(16-18-13)10-5-2-1-3-6-10;1-2;1-3-2;1-2/h1-3,5-6,9,11H,4,7-8H2,(H,15,17);1-2H3;3H,2H2,1H3;1H2. The van der Waals surface area contributed by atoms with Gasteiger partial charge in [-0.3, -0.25) is 16.1 Å². The summed E-state index contributed by atoms with van der Waals surface area (Å²) in [6.07, 6.45) is 3.31. The zero-order chi connectivity index (χ0) is 19.1. The molecule has 1 aliphatic rings. The van der Waals surface area contributed by atoms with Crippen molar-refractivity contribution in [1.82, 2.24) is 15.9 Å². The van der Waals surface area contributed by atoms with Crippen LogP contribution in [0.5, 0.6) is 0 Å². The molecule has 0 unspecified atom stereocenters. The van der Waals surface area contributed by atoms with Gasteiger partial charge in [0.25, 0.3) is 5.91 Å². The molecule has 1 amide bonds. The van der Waals surface area contributed by atoms with Gasteiger partial charge in [-0.15, -0.1) is 0 Å². The third-order valence-electron chi connectivity index (χ3n) is 3.24. The van der Waals surface area contributed by atoms with E-state index in [0.717, 1.165) is 18.4 Å². The summed E-state index contributed by atoms with van der Waals surface area (Å²) in [6, 6.07) is 11.7. The maximum atomic E-state index is 11.8. The van der Waals surface area contributed by atoms with E-state index in [1.54, 1.807) is 13.1 Å². The fourth-order valence-corrected chi connectivity index (χ4v) is 1.94. The van der Waals surface area contributed by atoms with Crippen LogP contribution in [-0.2, 0) is 4.79 Å². The minimum absolute atomic E-state index is 0.172. The topological polar surface area (TPSA) is 110 Å². The van der Waals surface area contributed by atoms with Crippen molar-refractivity contribution in [2.45, 2.75) is 39.2 Å². The van der Waals surface area contributed by atoms with E-state index in [2.05, 4.69) is 21.7 Å². The summed E-state index contributed by atoms with van der Waals surface area (Å²) in [6.45, 7) is 6.00. The normalized spacial score (nSPS) is 12.0. The molecule has 1 saturated carbocycles. The number of nitrogens with one attached hydrogen (secondary N) is 2. The van der Waals surface area contributed by atoms with Crippen LogP contribution in [0, 0.1) is 0 Å². The molecule has 2 aromatic rings. The van der Waals surface area contributed by atoms with Crippen LogP contribution >= 0.6 is 0 Å². The smallest absolute Gasteiger partial charge is 0.290 e. The molecule has 3 rings (SSSR count). The van der Waals surface area contributed by atoms with Crippen LogP contribution in [0.4, 0.5) is 0 Å². The molecule has 1 aromatic carbocycles. The molecule has 0 spiro atoms. The Labute approximate surface area is 148 Å². The van der Waals surface area contributed by atoms with Crippen molar-refractivity contribution in [3.63, 3.8) is 0 Å². The SMILES string of the molecule is C=O.CC.CNN.O=C(NC1CCC1)c1cc(-c2ccccc2)no1. The molecule has 0 atom stereocenters. The molecular weight excluding hydrogens is 320 g/mol. The molecule has 0 saturated heterocycles. The lowest BCUT2D eigenvalue weighted by atomic mass is 9.93. The lowest BCUT2D eigenvalue weighted by molar-refractivity contribution is -0.0980. The molecule has 7 heteroatoms. The van der Waals surface area contributed by atoms with Crippen molar-refractivity contribution in [2.75, 3.05) is 7.05 Å². The predicted molar refractivity (Wildman–Crippen MR) is 98.8 cm³/mol. The van der Waals surface area contributed by atoms with Gasteiger partial charge in [0, 0.05) is 17.7 Å². The van der Waals surface area contributed by atoms with Gasteiger partial charge in [-0.1, -0.05) is 49.3 Å². The Bertz CT molecular complexity index is 583. The summed E-state index contributed by atoms with van der Waals surface area (Å²) in [7, 11) is 1.65. The fraction of sp³-hybridized carbons (Fsp3) is 0.389. The van der Waals surface area contributed by atoms with Crippen LogP contribution < -0.4 is 16.6 Å². The Morgan fingerprint density at radius 2 is 1.80 bits per heavy atom. The van der Waals surface area contributed by atoms with Crippen molar-refractivity contribution in [3.8, 4) is 11.3 Å². The summed E-state index contributed by atoms with van der Waals surface area (Å²) in [4.78, 5) is 19.8. The second-order valence-corrected chi connectivity index (χ2v) is 4.83. The summed E-state index contributed by atoms with van der Waals surface area (Å²) in [5.74, 6) is 4.70. The number of aromatic nitrogens is 1. The molecule has 0 bridgehead atoms. The molecule has 7 nitrogen and oxygen atoms in total. The Hall–Kier alpha value is -2.51. The number of carbonyl (C=O) groups is 2. The molecule has 138 valence electrons. The van der Waals surface area contributed by atoms with Gasteiger partial charge in [-0.2, -0.15) is 0 Å². The predicted octanol–water partition coefficient (Wildman–Crippen LogP) is 2.54. The van der Waals surface area contributed by atoms with Crippen molar-refractivity contribution >= 4 is 12.7 Å². The first-order chi connectivity index (χ1) is 12.2. The number of nitrogens with zero attached hydrogens (tertiary/aromatic N) is 1. The molecule has 25 heavy (non-hydrogen) atoms. The highest BCUT2D eigenvalue weighted by Gasteiger charge is 2.22. The van der Waals surface area contributed by atoms with E-state index in [1.807, 2.05) is 51.0 Å². The van der Waals surface area contributed by atoms with Crippen LogP contribution in [0.1, 0.15) is 43.7 Å². The minimum atomic E-state index is -0.172. The van der Waals surface area contributed by atoms with Gasteiger partial charge in [-0.25, -0.2) is 0 Å². The van der Waals surface area contributed by atoms with Crippen LogP contribution in [0.3, 0.4) is 0 Å². The van der Waals surface area contributed by atoms with E-state index in [4.69, 9.17) is 9.32 Å². The van der Waals surface area contributed by atoms with Gasteiger partial charge >= 0.3 is 0 Å². The van der Waals surface area contributed by atoms with E-state index < -0.39 is 0 Å². The third kappa shape index (κ3) is 7.73. The first-order valence-corrected chi connectivity index (χ1v) is 8.23. The molecule has 1 heterocycles. The van der Waals surface area contributed by atoms with Gasteiger partial charge in [0.2, 0.25) is 5.76 Å². The Morgan fingerprint density at radius 1 is 1.24 bits per heavy atom. The number of hydrogen-bond acceptors (Lipinski definition) is 6. The zero-order valence-electron chi connectivity index (χ0n) is 15.1. The number of hydrogen-bond donors (Lipinski definition) is 3. The van der Waals surface area contributed by atoms with Crippen LogP contribution in [0.15, 0.2) is 40.9 Å². The summed E-state index contributed by atoms with van der Waals surface area (Å²) in [5.41, 5.74) is 3.89. The van der Waals surface area contributed by atoms with Crippen LogP contribution in [0.2, 0.25) is 0 Å². The lowest BCUT2D eigenvalue weighted by Crippen LogP contribution is -2.39. The fourth-order valence-electron chi connectivity index (χ4n) is 1.94. The molecule has 1 fully saturated rings. The van der Waals surface area contributed by atoms with Gasteiger partial charge < -0.3 is 14.6 Å². The number of rotatable bonds is 3. The summed E-state index contributed by atoms with van der Waals surface area (Å²) >= 11 is 0. The molecule has 0 radical (unpaired) electrons. The highest BCUT2D eigenvalue weighted by molar-refractivity contribution is 5.92. The van der Waals surface area contributed by atoms with Gasteiger partial charge in [0.1, 0.15) is 12.5 Å². The highest BCUT2D eigenvalue weighted by atomic mass is 16.5. The first kappa shape index (κ1) is 22.5. The Balaban J connectivity index is 0.000000728. The second kappa shape index (κ2) is 13.9. The zero-order valence-corrected chi connectivity index (χ0v) is 15.1. The quantitative estimate of drug-likeness (QED) is 0.581. The maximum absolute atomic E-state index is 11.8. The van der Waals surface area contributed by atoms with Gasteiger partial charge in [0.05, 0.1) is 0 Å². The third-order valence-corrected chi connectivity index (χ3v) is 3.24. The summed E-state index contributed by atoms with van der Waals surface area (Å²) in [5, 5.41) is 6.85. The van der Waals surface area contributed by atoms with Crippen molar-refractivity contribution in [3.05, 3.63) is 42.2 Å². The highest BCUT2D eigenvalue weighted by Crippen LogP contribution is 2.21. The Morgan fingerprint density at radius 3 is 2.28 bits per heavy atom. The van der Waals surface area contributed by atoms with E-state index in [0.29, 0.717) is 11.7 Å². The van der Waals surface area contributed by atoms with Crippen molar-refractivity contribution in [1.29, 1.82) is 0 Å². The van der Waals surface area contributed by atoms with Gasteiger partial charge in [-0.05, 0) is 26.3 Å². The van der Waals surface area contributed by atoms with E-state index >= 15 is 0 Å². The number of amides is 1. The number of hydrazine groups is 1. The molecule has 0 aliphatic heterocycles. The minimum Gasteiger partial charge on any atom is -0.350 e. The molecule has 1 aliphatic carbocycles. The average Bonchev–Trinajstić information content (AvgIpc) is 3.13. The largest absolute Gasteiger partial charge is 0.350 e. The first-order valence-electron chi connectivity index (χ1n) is 8.23. The summed E-state index contributed by atoms with van der Waals surface area (Å²) < 4.78 is 5.09. The molecule has 1 aromatic heterocycles. The average molecular weight is 348 g/mol. The molecular formula is C18H28N4O3. The lowest BCUT2D eigenvalue weighted by Gasteiger charge is -2.25. The number of carbonyl (C=O) groups excluding carboxylic acids is 2. The monoisotopic (exact) mass is 348 g/mol. The van der Waals surface area contributed by atoms with E-state index in [-0.39, 0.29) is 11.7 Å². The van der Waals surface area contributed by atoms with Crippen LogP contribution in [-0.4, -0.2) is 30.9 Å². The molecule has 4 N–H and O–H groups in total. The second-order valence-electron chi connectivity index (χ2n) is 4.83. The Kier molecular flexibility index (Phi) is 12.5. The number of nitrogens with two attached hydrogens (primary N) is 1.